The molecule has 1 N–H and O–H groups in total. The van der Waals surface area contributed by atoms with Crippen molar-refractivity contribution < 1.29 is 14.3 Å². The molecule has 1 aliphatic heterocycles. The Morgan fingerprint density at radius 2 is 1.74 bits per heavy atom. The number of benzene rings is 2. The van der Waals surface area contributed by atoms with Gasteiger partial charge < -0.3 is 10.1 Å². The monoisotopic (exact) mass is 366 g/mol. The summed E-state index contributed by atoms with van der Waals surface area (Å²) in [4.78, 5) is 25.2. The molecule has 0 spiro atoms. The Bertz CT molecular complexity index is 753. The van der Waals surface area contributed by atoms with E-state index in [1.54, 1.807) is 0 Å². The average molecular weight is 366 g/mol. The van der Waals surface area contributed by atoms with Gasteiger partial charge in [0, 0.05) is 19.6 Å². The summed E-state index contributed by atoms with van der Waals surface area (Å²) in [6.45, 7) is 2.51. The molecule has 3 rings (SSSR count). The van der Waals surface area contributed by atoms with Crippen LogP contribution in [0.4, 0.5) is 0 Å². The highest BCUT2D eigenvalue weighted by Gasteiger charge is 2.34. The van der Waals surface area contributed by atoms with Crippen molar-refractivity contribution in [3.63, 3.8) is 0 Å². The van der Waals surface area contributed by atoms with Crippen LogP contribution in [-0.2, 0) is 33.0 Å². The van der Waals surface area contributed by atoms with Gasteiger partial charge in [-0.2, -0.15) is 0 Å². The van der Waals surface area contributed by atoms with E-state index >= 15 is 0 Å². The van der Waals surface area contributed by atoms with Crippen LogP contribution in [0.2, 0.25) is 0 Å². The molecule has 27 heavy (non-hydrogen) atoms. The number of nitrogens with one attached hydrogen (secondary N) is 1. The lowest BCUT2D eigenvalue weighted by atomic mass is 9.83. The fraction of sp³-hybridized carbons (Fsp3) is 0.364. The van der Waals surface area contributed by atoms with Gasteiger partial charge in [0.2, 0.25) is 0 Å². The molecular weight excluding hydrogens is 340 g/mol. The molecule has 1 atom stereocenters. The van der Waals surface area contributed by atoms with Crippen LogP contribution in [0, 0.1) is 0 Å². The standard InChI is InChI=1S/C22H26N2O3/c1-23-22(15-21(26)27-14-13-25,20-9-3-2-4-10-20)11-12-24-16-18-7-5-6-8-19(18)17-24/h2-10,13,23H,11-12,14-17H2,1H3. The summed E-state index contributed by atoms with van der Waals surface area (Å²) in [5.74, 6) is -0.370. The Morgan fingerprint density at radius 1 is 1.11 bits per heavy atom. The highest BCUT2D eigenvalue weighted by atomic mass is 16.5. The van der Waals surface area contributed by atoms with E-state index in [0.717, 1.165) is 31.6 Å². The van der Waals surface area contributed by atoms with Gasteiger partial charge >= 0.3 is 5.97 Å². The number of hydrogen-bond acceptors (Lipinski definition) is 5. The Balaban J connectivity index is 1.73. The largest absolute Gasteiger partial charge is 0.458 e. The van der Waals surface area contributed by atoms with Crippen molar-refractivity contribution in [3.05, 3.63) is 71.3 Å². The second kappa shape index (κ2) is 8.93. The molecule has 1 aliphatic rings. The number of carbonyl (C=O) groups is 2. The maximum atomic E-state index is 12.3. The Morgan fingerprint density at radius 3 is 2.33 bits per heavy atom. The maximum Gasteiger partial charge on any atom is 0.308 e. The van der Waals surface area contributed by atoms with Gasteiger partial charge in [-0.05, 0) is 30.2 Å². The summed E-state index contributed by atoms with van der Waals surface area (Å²) < 4.78 is 5.03. The van der Waals surface area contributed by atoms with E-state index in [0.29, 0.717) is 6.29 Å². The first-order valence-corrected chi connectivity index (χ1v) is 9.30. The quantitative estimate of drug-likeness (QED) is 0.546. The lowest BCUT2D eigenvalue weighted by Crippen LogP contribution is -2.44. The molecule has 5 nitrogen and oxygen atoms in total. The van der Waals surface area contributed by atoms with Crippen LogP contribution in [0.1, 0.15) is 29.5 Å². The molecule has 0 amide bonds. The first-order chi connectivity index (χ1) is 13.2. The molecule has 2 aromatic rings. The van der Waals surface area contributed by atoms with Gasteiger partial charge in [0.25, 0.3) is 0 Å². The van der Waals surface area contributed by atoms with Crippen LogP contribution in [-0.4, -0.2) is 37.4 Å². The molecular formula is C22H26N2O3. The number of fused-ring (bicyclic) bond motifs is 1. The maximum absolute atomic E-state index is 12.3. The molecule has 0 bridgehead atoms. The van der Waals surface area contributed by atoms with Crippen LogP contribution in [0.5, 0.6) is 0 Å². The van der Waals surface area contributed by atoms with Crippen molar-refractivity contribution >= 4 is 12.3 Å². The summed E-state index contributed by atoms with van der Waals surface area (Å²) in [7, 11) is 1.87. The predicted octanol–water partition coefficient (Wildman–Crippen LogP) is 2.64. The minimum Gasteiger partial charge on any atom is -0.458 e. The first-order valence-electron chi connectivity index (χ1n) is 9.30. The van der Waals surface area contributed by atoms with Gasteiger partial charge in [0.05, 0.1) is 12.0 Å². The smallest absolute Gasteiger partial charge is 0.308 e. The molecule has 0 saturated carbocycles. The van der Waals surface area contributed by atoms with Crippen LogP contribution >= 0.6 is 0 Å². The molecule has 142 valence electrons. The van der Waals surface area contributed by atoms with E-state index in [-0.39, 0.29) is 19.0 Å². The number of hydrogen-bond donors (Lipinski definition) is 1. The summed E-state index contributed by atoms with van der Waals surface area (Å²) in [6, 6.07) is 18.5. The number of carbonyl (C=O) groups excluding carboxylic acids is 2. The van der Waals surface area contributed by atoms with E-state index in [1.165, 1.54) is 11.1 Å². The second-order valence-corrected chi connectivity index (χ2v) is 6.95. The van der Waals surface area contributed by atoms with E-state index in [2.05, 4.69) is 34.5 Å². The normalized spacial score (nSPS) is 15.7. The summed E-state index contributed by atoms with van der Waals surface area (Å²) in [5.41, 5.74) is 3.26. The molecule has 1 heterocycles. The summed E-state index contributed by atoms with van der Waals surface area (Å²) in [6.07, 6.45) is 1.54. The van der Waals surface area contributed by atoms with Crippen molar-refractivity contribution in [2.45, 2.75) is 31.5 Å². The third-order valence-electron chi connectivity index (χ3n) is 5.32. The lowest BCUT2D eigenvalue weighted by Gasteiger charge is -2.35. The number of aldehydes is 1. The molecule has 0 radical (unpaired) electrons. The van der Waals surface area contributed by atoms with Crippen LogP contribution < -0.4 is 5.32 Å². The van der Waals surface area contributed by atoms with Crippen molar-refractivity contribution in [2.75, 3.05) is 20.2 Å². The SMILES string of the molecule is CNC(CCN1Cc2ccccc2C1)(CC(=O)OCC=O)c1ccccc1. The van der Waals surface area contributed by atoms with Crippen LogP contribution in [0.25, 0.3) is 0 Å². The topological polar surface area (TPSA) is 58.6 Å². The molecule has 0 fully saturated rings. The third-order valence-corrected chi connectivity index (χ3v) is 5.32. The van der Waals surface area contributed by atoms with Gasteiger partial charge in [0.1, 0.15) is 6.61 Å². The van der Waals surface area contributed by atoms with Gasteiger partial charge in [-0.1, -0.05) is 54.6 Å². The molecule has 2 aromatic carbocycles. The number of esters is 1. The van der Waals surface area contributed by atoms with Crippen molar-refractivity contribution in [3.8, 4) is 0 Å². The highest BCUT2D eigenvalue weighted by molar-refractivity contribution is 5.73. The van der Waals surface area contributed by atoms with Crippen molar-refractivity contribution in [2.24, 2.45) is 0 Å². The molecule has 0 aliphatic carbocycles. The van der Waals surface area contributed by atoms with Crippen molar-refractivity contribution in [1.82, 2.24) is 10.2 Å². The predicted molar refractivity (Wildman–Crippen MR) is 104 cm³/mol. The molecule has 0 saturated heterocycles. The lowest BCUT2D eigenvalue weighted by molar-refractivity contribution is -0.147. The number of rotatable bonds is 9. The summed E-state index contributed by atoms with van der Waals surface area (Å²) in [5, 5.41) is 3.37. The van der Waals surface area contributed by atoms with Gasteiger partial charge in [-0.15, -0.1) is 0 Å². The minimum atomic E-state index is -0.532. The highest BCUT2D eigenvalue weighted by Crippen LogP contribution is 2.31. The van der Waals surface area contributed by atoms with E-state index < -0.39 is 5.54 Å². The summed E-state index contributed by atoms with van der Waals surface area (Å²) >= 11 is 0. The Kier molecular flexibility index (Phi) is 6.37. The molecule has 0 aromatic heterocycles. The number of nitrogens with zero attached hydrogens (tertiary/aromatic N) is 1. The Labute approximate surface area is 160 Å². The van der Waals surface area contributed by atoms with Crippen LogP contribution in [0.15, 0.2) is 54.6 Å². The van der Waals surface area contributed by atoms with Gasteiger partial charge in [0.15, 0.2) is 6.29 Å². The zero-order chi connectivity index (χ0) is 19.1. The van der Waals surface area contributed by atoms with E-state index in [1.807, 2.05) is 37.4 Å². The minimum absolute atomic E-state index is 0.183. The fourth-order valence-corrected chi connectivity index (χ4v) is 3.78. The number of ether oxygens (including phenoxy) is 1. The van der Waals surface area contributed by atoms with E-state index in [4.69, 9.17) is 4.74 Å². The van der Waals surface area contributed by atoms with Gasteiger partial charge in [-0.3, -0.25) is 14.5 Å². The molecule has 1 unspecified atom stereocenters. The molecule has 5 heteroatoms. The zero-order valence-electron chi connectivity index (χ0n) is 15.7. The van der Waals surface area contributed by atoms with E-state index in [9.17, 15) is 9.59 Å². The average Bonchev–Trinajstić information content (AvgIpc) is 3.13. The Hall–Kier alpha value is -2.50. The zero-order valence-corrected chi connectivity index (χ0v) is 15.7. The second-order valence-electron chi connectivity index (χ2n) is 6.95. The third kappa shape index (κ3) is 4.62. The fourth-order valence-electron chi connectivity index (χ4n) is 3.78. The van der Waals surface area contributed by atoms with Crippen molar-refractivity contribution in [1.29, 1.82) is 0 Å². The van der Waals surface area contributed by atoms with Crippen LogP contribution in [0.3, 0.4) is 0 Å². The first kappa shape index (κ1) is 19.3. The van der Waals surface area contributed by atoms with Gasteiger partial charge in [-0.25, -0.2) is 0 Å².